The fourth-order valence-electron chi connectivity index (χ4n) is 3.84. The predicted octanol–water partition coefficient (Wildman–Crippen LogP) is 1.62. The molecule has 1 amide bonds. The minimum absolute atomic E-state index is 0.0849. The molecule has 8 heteroatoms. The molecule has 27 heavy (non-hydrogen) atoms. The number of amides is 1. The van der Waals surface area contributed by atoms with E-state index in [-0.39, 0.29) is 17.6 Å². The maximum absolute atomic E-state index is 12.6. The summed E-state index contributed by atoms with van der Waals surface area (Å²) in [5, 5.41) is 2.92. The molecular formula is C19H30N4O3S. The van der Waals surface area contributed by atoms with Crippen LogP contribution in [0.3, 0.4) is 0 Å². The maximum atomic E-state index is 12.6. The SMILES string of the molecule is O=C(NCCCS(=O)(=O)N1CCN(c2ccccn2)CC1)C1CCCCC1. The van der Waals surface area contributed by atoms with Crippen LogP contribution in [0.15, 0.2) is 24.4 Å². The summed E-state index contributed by atoms with van der Waals surface area (Å²) in [7, 11) is -3.28. The average molecular weight is 395 g/mol. The summed E-state index contributed by atoms with van der Waals surface area (Å²) in [6, 6.07) is 5.75. The summed E-state index contributed by atoms with van der Waals surface area (Å²) >= 11 is 0. The maximum Gasteiger partial charge on any atom is 0.223 e. The van der Waals surface area contributed by atoms with Crippen LogP contribution < -0.4 is 10.2 Å². The number of nitrogens with one attached hydrogen (secondary N) is 1. The molecule has 1 aromatic heterocycles. The molecular weight excluding hydrogens is 364 g/mol. The average Bonchev–Trinajstić information content (AvgIpc) is 2.72. The molecule has 2 aliphatic rings. The minimum Gasteiger partial charge on any atom is -0.356 e. The van der Waals surface area contributed by atoms with Crippen molar-refractivity contribution < 1.29 is 13.2 Å². The van der Waals surface area contributed by atoms with Crippen LogP contribution in [-0.2, 0) is 14.8 Å². The normalized spacial score (nSPS) is 19.8. The number of nitrogens with zero attached hydrogens (tertiary/aromatic N) is 3. The van der Waals surface area contributed by atoms with Crippen LogP contribution in [0.2, 0.25) is 0 Å². The van der Waals surface area contributed by atoms with Crippen LogP contribution >= 0.6 is 0 Å². The van der Waals surface area contributed by atoms with Crippen molar-refractivity contribution in [2.45, 2.75) is 38.5 Å². The van der Waals surface area contributed by atoms with Crippen molar-refractivity contribution >= 4 is 21.7 Å². The first-order valence-electron chi connectivity index (χ1n) is 9.98. The van der Waals surface area contributed by atoms with Gasteiger partial charge in [-0.3, -0.25) is 4.79 Å². The lowest BCUT2D eigenvalue weighted by atomic mass is 9.89. The van der Waals surface area contributed by atoms with Crippen molar-refractivity contribution in [3.63, 3.8) is 0 Å². The molecule has 0 bridgehead atoms. The van der Waals surface area contributed by atoms with Gasteiger partial charge in [-0.05, 0) is 31.4 Å². The Bertz CT molecular complexity index is 697. The van der Waals surface area contributed by atoms with Gasteiger partial charge in [0.25, 0.3) is 0 Å². The fourth-order valence-corrected chi connectivity index (χ4v) is 5.33. The molecule has 0 spiro atoms. The van der Waals surface area contributed by atoms with Crippen molar-refractivity contribution in [1.82, 2.24) is 14.6 Å². The topological polar surface area (TPSA) is 82.6 Å². The molecule has 1 N–H and O–H groups in total. The monoisotopic (exact) mass is 394 g/mol. The van der Waals surface area contributed by atoms with Crippen LogP contribution in [0.4, 0.5) is 5.82 Å². The van der Waals surface area contributed by atoms with E-state index in [1.807, 2.05) is 18.2 Å². The van der Waals surface area contributed by atoms with E-state index in [2.05, 4.69) is 15.2 Å². The molecule has 1 aliphatic carbocycles. The standard InChI is InChI=1S/C19H30N4O3S/c24-19(17-7-2-1-3-8-17)21-11-6-16-27(25,26)23-14-12-22(13-15-23)18-9-4-5-10-20-18/h4-5,9-10,17H,1-3,6-8,11-16H2,(H,21,24). The number of pyridine rings is 1. The Morgan fingerprint density at radius 2 is 1.85 bits per heavy atom. The van der Waals surface area contributed by atoms with E-state index in [1.54, 1.807) is 10.5 Å². The first kappa shape index (κ1) is 20.1. The molecule has 3 rings (SSSR count). The number of carbonyl (C=O) groups is 1. The number of aromatic nitrogens is 1. The zero-order valence-electron chi connectivity index (χ0n) is 15.8. The van der Waals surface area contributed by atoms with Crippen molar-refractivity contribution in [3.05, 3.63) is 24.4 Å². The number of carbonyl (C=O) groups excluding carboxylic acids is 1. The lowest BCUT2D eigenvalue weighted by molar-refractivity contribution is -0.125. The minimum atomic E-state index is -3.28. The predicted molar refractivity (Wildman–Crippen MR) is 106 cm³/mol. The number of piperazine rings is 1. The van der Waals surface area contributed by atoms with Crippen LogP contribution in [-0.4, -0.2) is 62.1 Å². The van der Waals surface area contributed by atoms with Crippen molar-refractivity contribution in [3.8, 4) is 0 Å². The number of hydrogen-bond donors (Lipinski definition) is 1. The first-order chi connectivity index (χ1) is 13.1. The molecule has 0 radical (unpaired) electrons. The van der Waals surface area contributed by atoms with Gasteiger partial charge >= 0.3 is 0 Å². The highest BCUT2D eigenvalue weighted by atomic mass is 32.2. The molecule has 2 fully saturated rings. The van der Waals surface area contributed by atoms with E-state index in [9.17, 15) is 13.2 Å². The second-order valence-electron chi connectivity index (χ2n) is 7.37. The molecule has 0 unspecified atom stereocenters. The second-order valence-corrected chi connectivity index (χ2v) is 9.46. The summed E-state index contributed by atoms with van der Waals surface area (Å²) < 4.78 is 26.7. The van der Waals surface area contributed by atoms with E-state index in [4.69, 9.17) is 0 Å². The zero-order valence-corrected chi connectivity index (χ0v) is 16.7. The van der Waals surface area contributed by atoms with Crippen molar-refractivity contribution in [2.24, 2.45) is 5.92 Å². The fraction of sp³-hybridized carbons (Fsp3) is 0.684. The van der Waals surface area contributed by atoms with Gasteiger partial charge in [0, 0.05) is 44.8 Å². The highest BCUT2D eigenvalue weighted by molar-refractivity contribution is 7.89. The van der Waals surface area contributed by atoms with E-state index in [0.29, 0.717) is 39.1 Å². The van der Waals surface area contributed by atoms with Gasteiger partial charge in [0.1, 0.15) is 5.82 Å². The zero-order chi connectivity index (χ0) is 19.1. The van der Waals surface area contributed by atoms with Gasteiger partial charge in [-0.25, -0.2) is 13.4 Å². The van der Waals surface area contributed by atoms with E-state index in [1.165, 1.54) is 6.42 Å². The lowest BCUT2D eigenvalue weighted by Crippen LogP contribution is -2.49. The summed E-state index contributed by atoms with van der Waals surface area (Å²) in [6.07, 6.45) is 7.60. The Hall–Kier alpha value is -1.67. The van der Waals surface area contributed by atoms with E-state index in [0.717, 1.165) is 31.5 Å². The Morgan fingerprint density at radius 1 is 1.11 bits per heavy atom. The Kier molecular flexibility index (Phi) is 7.07. The summed E-state index contributed by atoms with van der Waals surface area (Å²) in [5.41, 5.74) is 0. The molecule has 2 heterocycles. The highest BCUT2D eigenvalue weighted by Gasteiger charge is 2.27. The second kappa shape index (κ2) is 9.50. The van der Waals surface area contributed by atoms with Gasteiger partial charge in [-0.1, -0.05) is 25.3 Å². The molecule has 1 saturated heterocycles. The quantitative estimate of drug-likeness (QED) is 0.711. The van der Waals surface area contributed by atoms with E-state index >= 15 is 0 Å². The molecule has 1 aliphatic heterocycles. The number of anilines is 1. The van der Waals surface area contributed by atoms with Crippen LogP contribution in [0.1, 0.15) is 38.5 Å². The van der Waals surface area contributed by atoms with Gasteiger partial charge < -0.3 is 10.2 Å². The van der Waals surface area contributed by atoms with Crippen molar-refractivity contribution in [1.29, 1.82) is 0 Å². The van der Waals surface area contributed by atoms with Gasteiger partial charge in [-0.2, -0.15) is 4.31 Å². The number of rotatable bonds is 7. The number of sulfonamides is 1. The van der Waals surface area contributed by atoms with E-state index < -0.39 is 10.0 Å². The van der Waals surface area contributed by atoms with Gasteiger partial charge in [-0.15, -0.1) is 0 Å². The highest BCUT2D eigenvalue weighted by Crippen LogP contribution is 2.23. The van der Waals surface area contributed by atoms with Crippen LogP contribution in [0.5, 0.6) is 0 Å². The third-order valence-corrected chi connectivity index (χ3v) is 7.42. The number of hydrogen-bond acceptors (Lipinski definition) is 5. The molecule has 1 aromatic rings. The third kappa shape index (κ3) is 5.65. The van der Waals surface area contributed by atoms with Gasteiger partial charge in [0.05, 0.1) is 5.75 Å². The third-order valence-electron chi connectivity index (χ3n) is 5.46. The summed E-state index contributed by atoms with van der Waals surface area (Å²) in [5.74, 6) is 1.19. The first-order valence-corrected chi connectivity index (χ1v) is 11.6. The van der Waals surface area contributed by atoms with Crippen LogP contribution in [0, 0.1) is 5.92 Å². The molecule has 0 aromatic carbocycles. The Balaban J connectivity index is 1.38. The largest absolute Gasteiger partial charge is 0.356 e. The lowest BCUT2D eigenvalue weighted by Gasteiger charge is -2.34. The molecule has 7 nitrogen and oxygen atoms in total. The van der Waals surface area contributed by atoms with Crippen LogP contribution in [0.25, 0.3) is 0 Å². The summed E-state index contributed by atoms with van der Waals surface area (Å²) in [6.45, 7) is 2.69. The van der Waals surface area contributed by atoms with Crippen molar-refractivity contribution in [2.75, 3.05) is 43.4 Å². The Morgan fingerprint density at radius 3 is 2.52 bits per heavy atom. The molecule has 150 valence electrons. The molecule has 1 saturated carbocycles. The summed E-state index contributed by atoms with van der Waals surface area (Å²) in [4.78, 5) is 18.5. The van der Waals surface area contributed by atoms with Gasteiger partial charge in [0.2, 0.25) is 15.9 Å². The van der Waals surface area contributed by atoms with Gasteiger partial charge in [0.15, 0.2) is 0 Å². The Labute approximate surface area is 162 Å². The molecule has 0 atom stereocenters. The smallest absolute Gasteiger partial charge is 0.223 e.